The van der Waals surface area contributed by atoms with Crippen LogP contribution in [0.15, 0.2) is 103 Å². The number of ketones is 2. The summed E-state index contributed by atoms with van der Waals surface area (Å²) in [5.41, 5.74) is 1.56. The maximum Gasteiger partial charge on any atom is 0.270 e. The SMILES string of the molecule is COc1ccc(C(=O)[C@@H]2[C@H](C(=O)c3cccc([N+](=O)[O-])c3)N3C=Cc4ccccc4[C@H]3[C@]23C(=O)Nc2ccccc23)cc1. The number of nitro benzene ring substituents is 1. The van der Waals surface area contributed by atoms with Crippen LogP contribution < -0.4 is 10.1 Å². The molecule has 212 valence electrons. The Bertz CT molecular complexity index is 1870. The lowest BCUT2D eigenvalue weighted by atomic mass is 9.62. The number of nitro groups is 1. The highest BCUT2D eigenvalue weighted by Gasteiger charge is 2.70. The Morgan fingerprint density at radius 2 is 1.65 bits per heavy atom. The van der Waals surface area contributed by atoms with Crippen molar-refractivity contribution in [2.24, 2.45) is 5.92 Å². The lowest BCUT2D eigenvalue weighted by Crippen LogP contribution is -2.49. The molecule has 1 N–H and O–H groups in total. The van der Waals surface area contributed by atoms with Crippen LogP contribution in [0.4, 0.5) is 11.4 Å². The minimum absolute atomic E-state index is 0.0847. The van der Waals surface area contributed by atoms with Crippen molar-refractivity contribution >= 4 is 34.9 Å². The summed E-state index contributed by atoms with van der Waals surface area (Å²) in [6, 6.07) is 25.1. The third-order valence-electron chi connectivity index (χ3n) is 8.84. The van der Waals surface area contributed by atoms with E-state index in [9.17, 15) is 24.5 Å². The molecule has 0 saturated carbocycles. The van der Waals surface area contributed by atoms with Crippen molar-refractivity contribution in [3.05, 3.63) is 141 Å². The molecule has 0 radical (unpaired) electrons. The summed E-state index contributed by atoms with van der Waals surface area (Å²) in [5.74, 6) is -1.88. The van der Waals surface area contributed by atoms with Gasteiger partial charge in [-0.05, 0) is 53.1 Å². The number of methoxy groups -OCH3 is 1. The van der Waals surface area contributed by atoms with Crippen LogP contribution in [0.2, 0.25) is 0 Å². The lowest BCUT2D eigenvalue weighted by molar-refractivity contribution is -0.384. The molecule has 7 rings (SSSR count). The number of nitrogens with zero attached hydrogens (tertiary/aromatic N) is 2. The van der Waals surface area contributed by atoms with E-state index in [0.717, 1.165) is 11.1 Å². The van der Waals surface area contributed by atoms with E-state index in [1.807, 2.05) is 48.5 Å². The highest BCUT2D eigenvalue weighted by atomic mass is 16.6. The van der Waals surface area contributed by atoms with Crippen LogP contribution in [0.1, 0.15) is 43.4 Å². The highest BCUT2D eigenvalue weighted by molar-refractivity contribution is 6.16. The number of Topliss-reactive ketones (excluding diaryl/α,β-unsaturated/α-hetero) is 2. The van der Waals surface area contributed by atoms with Crippen LogP contribution in [0.5, 0.6) is 5.75 Å². The van der Waals surface area contributed by atoms with Gasteiger partial charge in [0.05, 0.1) is 24.0 Å². The average Bonchev–Trinajstić information content (AvgIpc) is 3.52. The second-order valence-corrected chi connectivity index (χ2v) is 10.9. The van der Waals surface area contributed by atoms with Gasteiger partial charge < -0.3 is 15.0 Å². The molecule has 1 saturated heterocycles. The zero-order valence-corrected chi connectivity index (χ0v) is 23.0. The third kappa shape index (κ3) is 3.74. The summed E-state index contributed by atoms with van der Waals surface area (Å²) in [6.45, 7) is 0. The smallest absolute Gasteiger partial charge is 0.270 e. The Morgan fingerprint density at radius 1 is 0.907 bits per heavy atom. The molecule has 9 heteroatoms. The van der Waals surface area contributed by atoms with Crippen LogP contribution in [0.25, 0.3) is 6.08 Å². The van der Waals surface area contributed by atoms with Crippen LogP contribution in [0.3, 0.4) is 0 Å². The van der Waals surface area contributed by atoms with Gasteiger partial charge in [0.2, 0.25) is 5.91 Å². The Morgan fingerprint density at radius 3 is 2.42 bits per heavy atom. The maximum atomic E-state index is 14.8. The lowest BCUT2D eigenvalue weighted by Gasteiger charge is -2.38. The van der Waals surface area contributed by atoms with Crippen molar-refractivity contribution in [1.82, 2.24) is 4.90 Å². The van der Waals surface area contributed by atoms with Gasteiger partial charge in [0.1, 0.15) is 17.2 Å². The summed E-state index contributed by atoms with van der Waals surface area (Å²) in [6.07, 6.45) is 3.64. The van der Waals surface area contributed by atoms with Gasteiger partial charge in [-0.15, -0.1) is 0 Å². The molecule has 4 atom stereocenters. The first-order valence-electron chi connectivity index (χ1n) is 13.8. The van der Waals surface area contributed by atoms with Crippen molar-refractivity contribution in [2.75, 3.05) is 12.4 Å². The molecule has 1 fully saturated rings. The van der Waals surface area contributed by atoms with Gasteiger partial charge in [-0.2, -0.15) is 0 Å². The van der Waals surface area contributed by atoms with E-state index in [0.29, 0.717) is 22.6 Å². The number of hydrogen-bond acceptors (Lipinski definition) is 7. The normalized spacial score (nSPS) is 22.9. The summed E-state index contributed by atoms with van der Waals surface area (Å²) in [4.78, 5) is 56.7. The van der Waals surface area contributed by atoms with Crippen molar-refractivity contribution in [3.63, 3.8) is 0 Å². The van der Waals surface area contributed by atoms with Gasteiger partial charge in [0, 0.05) is 35.1 Å². The highest BCUT2D eigenvalue weighted by Crippen LogP contribution is 2.62. The molecular formula is C34H25N3O6. The number of non-ortho nitro benzene ring substituents is 1. The molecule has 0 bridgehead atoms. The fourth-order valence-electron chi connectivity index (χ4n) is 7.05. The summed E-state index contributed by atoms with van der Waals surface area (Å²) in [5, 5.41) is 14.6. The first-order valence-corrected chi connectivity index (χ1v) is 13.8. The van der Waals surface area contributed by atoms with Gasteiger partial charge in [-0.1, -0.05) is 54.6 Å². The molecule has 9 nitrogen and oxygen atoms in total. The molecule has 4 aromatic carbocycles. The van der Waals surface area contributed by atoms with Gasteiger partial charge >= 0.3 is 0 Å². The number of ether oxygens (including phenoxy) is 1. The Hall–Kier alpha value is -5.57. The molecule has 43 heavy (non-hydrogen) atoms. The largest absolute Gasteiger partial charge is 0.497 e. The number of anilines is 1. The average molecular weight is 572 g/mol. The van der Waals surface area contributed by atoms with E-state index < -0.39 is 39.9 Å². The molecule has 3 aliphatic rings. The number of carbonyl (C=O) groups excluding carboxylic acids is 3. The second-order valence-electron chi connectivity index (χ2n) is 10.9. The Balaban J connectivity index is 1.51. The number of benzene rings is 4. The Kier molecular flexibility index (Phi) is 5.98. The van der Waals surface area contributed by atoms with Gasteiger partial charge in [-0.3, -0.25) is 24.5 Å². The number of fused-ring (bicyclic) bond motifs is 6. The number of carbonyl (C=O) groups is 3. The number of para-hydroxylation sites is 1. The molecule has 0 unspecified atom stereocenters. The number of nitrogens with one attached hydrogen (secondary N) is 1. The van der Waals surface area contributed by atoms with Crippen LogP contribution in [-0.4, -0.2) is 40.4 Å². The topological polar surface area (TPSA) is 119 Å². The predicted molar refractivity (Wildman–Crippen MR) is 159 cm³/mol. The first-order chi connectivity index (χ1) is 20.9. The van der Waals surface area contributed by atoms with Crippen LogP contribution >= 0.6 is 0 Å². The number of rotatable bonds is 6. The first kappa shape index (κ1) is 26.3. The van der Waals surface area contributed by atoms with Crippen LogP contribution in [-0.2, 0) is 10.2 Å². The van der Waals surface area contributed by atoms with Crippen LogP contribution in [0, 0.1) is 16.0 Å². The fourth-order valence-corrected chi connectivity index (χ4v) is 7.05. The predicted octanol–water partition coefficient (Wildman–Crippen LogP) is 5.59. The van der Waals surface area contributed by atoms with E-state index in [-0.39, 0.29) is 17.2 Å². The second kappa shape index (κ2) is 9.77. The minimum Gasteiger partial charge on any atom is -0.497 e. The van der Waals surface area contributed by atoms with Crippen molar-refractivity contribution in [1.29, 1.82) is 0 Å². The fraction of sp³-hybridized carbons (Fsp3) is 0.147. The quantitative estimate of drug-likeness (QED) is 0.182. The minimum atomic E-state index is -1.49. The van der Waals surface area contributed by atoms with Gasteiger partial charge in [0.25, 0.3) is 5.69 Å². The maximum absolute atomic E-state index is 14.8. The van der Waals surface area contributed by atoms with E-state index in [1.54, 1.807) is 41.4 Å². The van der Waals surface area contributed by atoms with E-state index in [2.05, 4.69) is 5.32 Å². The zero-order chi connectivity index (χ0) is 29.9. The summed E-state index contributed by atoms with van der Waals surface area (Å²) in [7, 11) is 1.53. The van der Waals surface area contributed by atoms with E-state index in [4.69, 9.17) is 4.74 Å². The molecule has 3 heterocycles. The molecule has 1 spiro atoms. The third-order valence-corrected chi connectivity index (χ3v) is 8.84. The zero-order valence-electron chi connectivity index (χ0n) is 23.0. The van der Waals surface area contributed by atoms with Crippen molar-refractivity contribution < 1.29 is 24.0 Å². The molecule has 0 aromatic heterocycles. The standard InChI is InChI=1S/C34H25N3O6/c1-43-24-15-13-21(14-16-24)30(38)28-29(31(39)22-8-6-9-23(19-22)37(41)42)36-18-17-20-7-2-3-10-25(20)32(36)34(28)26-11-4-5-12-27(26)35-33(34)40/h2-19,28-29,32H,1H3,(H,35,40)/t28-,29+,32-,34+/m0/s1. The van der Waals surface area contributed by atoms with Crippen molar-refractivity contribution in [3.8, 4) is 5.75 Å². The number of amides is 1. The number of hydrogen-bond donors (Lipinski definition) is 1. The molecular weight excluding hydrogens is 546 g/mol. The monoisotopic (exact) mass is 571 g/mol. The molecule has 3 aliphatic heterocycles. The van der Waals surface area contributed by atoms with E-state index in [1.165, 1.54) is 31.4 Å². The van der Waals surface area contributed by atoms with Gasteiger partial charge in [0.15, 0.2) is 11.6 Å². The molecule has 0 aliphatic carbocycles. The molecule has 1 amide bonds. The Labute approximate surface area is 246 Å². The molecule has 4 aromatic rings. The van der Waals surface area contributed by atoms with E-state index >= 15 is 0 Å². The van der Waals surface area contributed by atoms with Crippen molar-refractivity contribution in [2.45, 2.75) is 17.5 Å². The van der Waals surface area contributed by atoms with Gasteiger partial charge in [-0.25, -0.2) is 0 Å². The summed E-state index contributed by atoms with van der Waals surface area (Å²) < 4.78 is 5.29. The summed E-state index contributed by atoms with van der Waals surface area (Å²) >= 11 is 0.